The van der Waals surface area contributed by atoms with Crippen LogP contribution in [0.4, 0.5) is 0 Å². The lowest BCUT2D eigenvalue weighted by Crippen LogP contribution is -2.28. The summed E-state index contributed by atoms with van der Waals surface area (Å²) >= 11 is 0. The summed E-state index contributed by atoms with van der Waals surface area (Å²) in [5, 5.41) is 11.2. The number of nitrogens with zero attached hydrogens (tertiary/aromatic N) is 3. The largest absolute Gasteiger partial charge is 0.346 e. The monoisotopic (exact) mass is 294 g/mol. The zero-order valence-corrected chi connectivity index (χ0v) is 12.4. The van der Waals surface area contributed by atoms with Gasteiger partial charge in [0.05, 0.1) is 6.04 Å². The van der Waals surface area contributed by atoms with Gasteiger partial charge >= 0.3 is 0 Å². The molecule has 1 atom stereocenters. The van der Waals surface area contributed by atoms with Crippen LogP contribution in [0.15, 0.2) is 54.7 Å². The molecule has 0 aliphatic carbocycles. The number of aromatic nitrogens is 3. The van der Waals surface area contributed by atoms with Gasteiger partial charge in [-0.25, -0.2) is 0 Å². The van der Waals surface area contributed by atoms with E-state index in [1.165, 1.54) is 5.56 Å². The Morgan fingerprint density at radius 1 is 1.14 bits per heavy atom. The number of fused-ring (bicyclic) bond motifs is 1. The highest BCUT2D eigenvalue weighted by molar-refractivity contribution is 5.76. The average Bonchev–Trinajstić information content (AvgIpc) is 2.98. The Labute approximate surface area is 129 Å². The Morgan fingerprint density at radius 3 is 2.73 bits per heavy atom. The number of amides is 1. The van der Waals surface area contributed by atoms with Gasteiger partial charge in [0.15, 0.2) is 11.5 Å². The van der Waals surface area contributed by atoms with Crippen molar-refractivity contribution in [3.8, 4) is 0 Å². The van der Waals surface area contributed by atoms with E-state index in [2.05, 4.69) is 15.5 Å². The fraction of sp³-hybridized carbons (Fsp3) is 0.235. The summed E-state index contributed by atoms with van der Waals surface area (Å²) < 4.78 is 1.89. The SMILES string of the molecule is C[C@H](NC(=O)CCc1ccccc1)c1nnc2ccccn12. The van der Waals surface area contributed by atoms with Crippen molar-refractivity contribution in [2.45, 2.75) is 25.8 Å². The summed E-state index contributed by atoms with van der Waals surface area (Å²) in [7, 11) is 0. The van der Waals surface area contributed by atoms with Gasteiger partial charge in [-0.2, -0.15) is 0 Å². The van der Waals surface area contributed by atoms with Crippen molar-refractivity contribution in [1.82, 2.24) is 19.9 Å². The van der Waals surface area contributed by atoms with Crippen LogP contribution in [0.5, 0.6) is 0 Å². The minimum Gasteiger partial charge on any atom is -0.346 e. The zero-order valence-electron chi connectivity index (χ0n) is 12.4. The highest BCUT2D eigenvalue weighted by atomic mass is 16.1. The van der Waals surface area contributed by atoms with Crippen molar-refractivity contribution in [1.29, 1.82) is 0 Å². The van der Waals surface area contributed by atoms with E-state index in [-0.39, 0.29) is 11.9 Å². The van der Waals surface area contributed by atoms with E-state index in [0.29, 0.717) is 6.42 Å². The molecule has 112 valence electrons. The first kappa shape index (κ1) is 14.3. The molecule has 0 aliphatic heterocycles. The first-order valence-electron chi connectivity index (χ1n) is 7.37. The number of hydrogen-bond donors (Lipinski definition) is 1. The molecule has 0 bridgehead atoms. The minimum absolute atomic E-state index is 0.0176. The second-order valence-corrected chi connectivity index (χ2v) is 5.26. The molecule has 2 heterocycles. The lowest BCUT2D eigenvalue weighted by Gasteiger charge is -2.12. The lowest BCUT2D eigenvalue weighted by atomic mass is 10.1. The van der Waals surface area contributed by atoms with E-state index in [4.69, 9.17) is 0 Å². The molecule has 0 aliphatic rings. The minimum atomic E-state index is -0.180. The predicted octanol–water partition coefficient (Wildman–Crippen LogP) is 2.54. The van der Waals surface area contributed by atoms with Crippen LogP contribution < -0.4 is 5.32 Å². The van der Waals surface area contributed by atoms with Crippen molar-refractivity contribution >= 4 is 11.6 Å². The molecule has 3 aromatic rings. The molecule has 0 saturated heterocycles. The van der Waals surface area contributed by atoms with Gasteiger partial charge in [0.2, 0.25) is 5.91 Å². The van der Waals surface area contributed by atoms with Gasteiger partial charge in [0, 0.05) is 12.6 Å². The molecule has 0 spiro atoms. The summed E-state index contributed by atoms with van der Waals surface area (Å²) in [6.45, 7) is 1.92. The van der Waals surface area contributed by atoms with Crippen molar-refractivity contribution in [2.24, 2.45) is 0 Å². The molecule has 22 heavy (non-hydrogen) atoms. The van der Waals surface area contributed by atoms with Crippen LogP contribution in [0.25, 0.3) is 5.65 Å². The van der Waals surface area contributed by atoms with Gasteiger partial charge in [-0.15, -0.1) is 10.2 Å². The average molecular weight is 294 g/mol. The summed E-state index contributed by atoms with van der Waals surface area (Å²) in [6.07, 6.45) is 3.10. The quantitative estimate of drug-likeness (QED) is 0.786. The highest BCUT2D eigenvalue weighted by Gasteiger charge is 2.15. The lowest BCUT2D eigenvalue weighted by molar-refractivity contribution is -0.121. The van der Waals surface area contributed by atoms with Gasteiger partial charge in [-0.05, 0) is 31.0 Å². The van der Waals surface area contributed by atoms with E-state index in [9.17, 15) is 4.79 Å². The van der Waals surface area contributed by atoms with Gasteiger partial charge in [0.1, 0.15) is 0 Å². The van der Waals surface area contributed by atoms with Gasteiger partial charge in [-0.3, -0.25) is 9.20 Å². The smallest absolute Gasteiger partial charge is 0.220 e. The highest BCUT2D eigenvalue weighted by Crippen LogP contribution is 2.12. The van der Waals surface area contributed by atoms with Crippen LogP contribution >= 0.6 is 0 Å². The Balaban J connectivity index is 1.61. The van der Waals surface area contributed by atoms with Gasteiger partial charge in [-0.1, -0.05) is 36.4 Å². The molecular weight excluding hydrogens is 276 g/mol. The first-order chi connectivity index (χ1) is 10.7. The number of carbonyl (C=O) groups is 1. The normalized spacial score (nSPS) is 12.2. The second-order valence-electron chi connectivity index (χ2n) is 5.26. The van der Waals surface area contributed by atoms with Crippen LogP contribution in [0.2, 0.25) is 0 Å². The maximum absolute atomic E-state index is 12.1. The topological polar surface area (TPSA) is 59.3 Å². The van der Waals surface area contributed by atoms with Crippen LogP contribution in [0.1, 0.15) is 30.8 Å². The van der Waals surface area contributed by atoms with Crippen molar-refractivity contribution in [3.63, 3.8) is 0 Å². The molecule has 1 aromatic carbocycles. The first-order valence-corrected chi connectivity index (χ1v) is 7.37. The second kappa shape index (κ2) is 6.39. The summed E-state index contributed by atoms with van der Waals surface area (Å²) in [6, 6.07) is 15.5. The van der Waals surface area contributed by atoms with E-state index >= 15 is 0 Å². The number of benzene rings is 1. The van der Waals surface area contributed by atoms with Crippen molar-refractivity contribution in [3.05, 3.63) is 66.1 Å². The standard InChI is InChI=1S/C17H18N4O/c1-13(17-20-19-15-9-5-6-12-21(15)17)18-16(22)11-10-14-7-3-2-4-8-14/h2-9,12-13H,10-11H2,1H3,(H,18,22)/t13-/m0/s1. The molecule has 1 amide bonds. The molecular formula is C17H18N4O. The van der Waals surface area contributed by atoms with Crippen molar-refractivity contribution < 1.29 is 4.79 Å². The molecule has 0 fully saturated rings. The van der Waals surface area contributed by atoms with E-state index in [0.717, 1.165) is 17.9 Å². The van der Waals surface area contributed by atoms with Crippen molar-refractivity contribution in [2.75, 3.05) is 0 Å². The number of rotatable bonds is 5. The third-order valence-electron chi connectivity index (χ3n) is 3.59. The van der Waals surface area contributed by atoms with Gasteiger partial charge < -0.3 is 5.32 Å². The maximum atomic E-state index is 12.1. The van der Waals surface area contributed by atoms with Crippen LogP contribution in [-0.4, -0.2) is 20.5 Å². The Morgan fingerprint density at radius 2 is 1.91 bits per heavy atom. The molecule has 0 saturated carbocycles. The van der Waals surface area contributed by atoms with E-state index in [1.807, 2.05) is 66.1 Å². The van der Waals surface area contributed by atoms with E-state index in [1.54, 1.807) is 0 Å². The Bertz CT molecular complexity index is 766. The number of hydrogen-bond acceptors (Lipinski definition) is 3. The Hall–Kier alpha value is -2.69. The molecule has 2 aromatic heterocycles. The summed E-state index contributed by atoms with van der Waals surface area (Å²) in [4.78, 5) is 12.1. The van der Waals surface area contributed by atoms with Crippen LogP contribution in [0.3, 0.4) is 0 Å². The molecule has 5 heteroatoms. The molecule has 1 N–H and O–H groups in total. The molecule has 3 rings (SSSR count). The number of pyridine rings is 1. The van der Waals surface area contributed by atoms with Crippen LogP contribution in [-0.2, 0) is 11.2 Å². The third kappa shape index (κ3) is 3.14. The fourth-order valence-corrected chi connectivity index (χ4v) is 2.44. The molecule has 0 radical (unpaired) electrons. The third-order valence-corrected chi connectivity index (χ3v) is 3.59. The molecule has 0 unspecified atom stereocenters. The summed E-state index contributed by atoms with van der Waals surface area (Å²) in [5.41, 5.74) is 1.95. The van der Waals surface area contributed by atoms with Gasteiger partial charge in [0.25, 0.3) is 0 Å². The fourth-order valence-electron chi connectivity index (χ4n) is 2.44. The predicted molar refractivity (Wildman–Crippen MR) is 84.3 cm³/mol. The zero-order chi connectivity index (χ0) is 15.4. The maximum Gasteiger partial charge on any atom is 0.220 e. The number of aryl methyl sites for hydroxylation is 1. The van der Waals surface area contributed by atoms with E-state index < -0.39 is 0 Å². The summed E-state index contributed by atoms with van der Waals surface area (Å²) in [5.74, 6) is 0.757. The number of carbonyl (C=O) groups excluding carboxylic acids is 1. The molecule has 5 nitrogen and oxygen atoms in total. The number of nitrogens with one attached hydrogen (secondary N) is 1. The Kier molecular flexibility index (Phi) is 4.14. The van der Waals surface area contributed by atoms with Crippen LogP contribution in [0, 0.1) is 0 Å².